The van der Waals surface area contributed by atoms with Crippen molar-refractivity contribution in [3.8, 4) is 0 Å². The van der Waals surface area contributed by atoms with E-state index in [4.69, 9.17) is 23.8 Å². The maximum Gasteiger partial charge on any atom is 0.282 e. The number of para-hydroxylation sites is 1. The Labute approximate surface area is 130 Å². The molecule has 1 aromatic heterocycles. The monoisotopic (exact) mass is 315 g/mol. The van der Waals surface area contributed by atoms with Crippen molar-refractivity contribution in [2.75, 3.05) is 0 Å². The highest BCUT2D eigenvalue weighted by molar-refractivity contribution is 7.71. The molecule has 6 heteroatoms. The fourth-order valence-corrected chi connectivity index (χ4v) is 2.30. The van der Waals surface area contributed by atoms with Crippen LogP contribution < -0.4 is 5.56 Å². The molecule has 21 heavy (non-hydrogen) atoms. The van der Waals surface area contributed by atoms with Gasteiger partial charge < -0.3 is 4.98 Å². The van der Waals surface area contributed by atoms with Gasteiger partial charge in [-0.1, -0.05) is 35.9 Å². The van der Waals surface area contributed by atoms with Crippen molar-refractivity contribution in [3.63, 3.8) is 0 Å². The van der Waals surface area contributed by atoms with Crippen LogP contribution in [0.25, 0.3) is 10.9 Å². The Bertz CT molecular complexity index is 942. The van der Waals surface area contributed by atoms with Gasteiger partial charge in [-0.3, -0.25) is 4.79 Å². The largest absolute Gasteiger partial charge is 0.330 e. The van der Waals surface area contributed by atoms with Gasteiger partial charge in [0.2, 0.25) is 4.77 Å². The summed E-state index contributed by atoms with van der Waals surface area (Å²) in [6, 6.07) is 14.3. The lowest BCUT2D eigenvalue weighted by Crippen LogP contribution is -2.18. The number of aromatic nitrogens is 2. The summed E-state index contributed by atoms with van der Waals surface area (Å²) in [5.74, 6) is 0. The maximum atomic E-state index is 12.4. The van der Waals surface area contributed by atoms with Crippen molar-refractivity contribution in [1.82, 2.24) is 9.66 Å². The molecule has 0 bridgehead atoms. The van der Waals surface area contributed by atoms with E-state index < -0.39 is 0 Å². The van der Waals surface area contributed by atoms with Gasteiger partial charge in [-0.25, -0.2) is 0 Å². The molecule has 0 atom stereocenters. The Balaban J connectivity index is 2.10. The number of halogens is 1. The van der Waals surface area contributed by atoms with Crippen molar-refractivity contribution in [2.24, 2.45) is 5.10 Å². The van der Waals surface area contributed by atoms with Crippen LogP contribution in [0.5, 0.6) is 0 Å². The van der Waals surface area contributed by atoms with Crippen LogP contribution in [0.3, 0.4) is 0 Å². The number of H-pyrrole nitrogens is 1. The van der Waals surface area contributed by atoms with E-state index in [0.717, 1.165) is 5.56 Å². The molecular formula is C15H10ClN3OS. The first-order valence-electron chi connectivity index (χ1n) is 6.19. The smallest absolute Gasteiger partial charge is 0.282 e. The molecule has 0 aliphatic heterocycles. The van der Waals surface area contributed by atoms with Crippen molar-refractivity contribution >= 4 is 40.9 Å². The van der Waals surface area contributed by atoms with Gasteiger partial charge in [-0.2, -0.15) is 9.78 Å². The van der Waals surface area contributed by atoms with E-state index in [9.17, 15) is 4.79 Å². The quantitative estimate of drug-likeness (QED) is 0.580. The summed E-state index contributed by atoms with van der Waals surface area (Å²) >= 11 is 11.0. The van der Waals surface area contributed by atoms with Gasteiger partial charge in [0, 0.05) is 5.02 Å². The molecule has 3 aromatic rings. The minimum Gasteiger partial charge on any atom is -0.330 e. The minimum atomic E-state index is -0.250. The normalized spacial score (nSPS) is 11.3. The summed E-state index contributed by atoms with van der Waals surface area (Å²) in [4.78, 5) is 15.4. The zero-order valence-corrected chi connectivity index (χ0v) is 12.4. The van der Waals surface area contributed by atoms with Crippen molar-refractivity contribution < 1.29 is 0 Å². The van der Waals surface area contributed by atoms with Gasteiger partial charge in [0.05, 0.1) is 17.1 Å². The molecule has 0 radical (unpaired) electrons. The average Bonchev–Trinajstić information content (AvgIpc) is 2.49. The molecule has 0 spiro atoms. The Hall–Kier alpha value is -2.24. The van der Waals surface area contributed by atoms with Gasteiger partial charge in [-0.05, 0) is 42.0 Å². The molecule has 1 heterocycles. The Morgan fingerprint density at radius 1 is 1.14 bits per heavy atom. The molecule has 0 fully saturated rings. The highest BCUT2D eigenvalue weighted by Crippen LogP contribution is 2.08. The average molecular weight is 316 g/mol. The molecule has 2 aromatic carbocycles. The Kier molecular flexibility index (Phi) is 3.68. The molecule has 0 saturated heterocycles. The van der Waals surface area contributed by atoms with Gasteiger partial charge in [0.1, 0.15) is 0 Å². The zero-order chi connectivity index (χ0) is 14.8. The lowest BCUT2D eigenvalue weighted by molar-refractivity contribution is 0.800. The Morgan fingerprint density at radius 3 is 2.62 bits per heavy atom. The van der Waals surface area contributed by atoms with Gasteiger partial charge >= 0.3 is 0 Å². The van der Waals surface area contributed by atoms with E-state index in [1.54, 1.807) is 36.5 Å². The fraction of sp³-hybridized carbons (Fsp3) is 0. The van der Waals surface area contributed by atoms with E-state index in [1.165, 1.54) is 4.68 Å². The third-order valence-electron chi connectivity index (χ3n) is 2.98. The zero-order valence-electron chi connectivity index (χ0n) is 10.8. The minimum absolute atomic E-state index is 0.250. The van der Waals surface area contributed by atoms with E-state index in [0.29, 0.717) is 15.9 Å². The van der Waals surface area contributed by atoms with Crippen molar-refractivity contribution in [2.45, 2.75) is 0 Å². The number of aromatic amines is 1. The van der Waals surface area contributed by atoms with Crippen molar-refractivity contribution in [3.05, 3.63) is 74.2 Å². The summed E-state index contributed by atoms with van der Waals surface area (Å²) in [5, 5.41) is 5.34. The van der Waals surface area contributed by atoms with Crippen LogP contribution in [0.15, 0.2) is 58.4 Å². The Morgan fingerprint density at radius 2 is 1.86 bits per heavy atom. The number of hydrogen-bond acceptors (Lipinski definition) is 3. The third kappa shape index (κ3) is 2.79. The summed E-state index contributed by atoms with van der Waals surface area (Å²) in [5.41, 5.74) is 1.28. The summed E-state index contributed by atoms with van der Waals surface area (Å²) in [6.45, 7) is 0. The summed E-state index contributed by atoms with van der Waals surface area (Å²) in [6.07, 6.45) is 1.57. The van der Waals surface area contributed by atoms with Crippen LogP contribution >= 0.6 is 23.8 Å². The second-order valence-corrected chi connectivity index (χ2v) is 5.21. The SMILES string of the molecule is O=c1c2ccccc2[nH]c(=S)n1N=Cc1ccc(Cl)cc1. The highest BCUT2D eigenvalue weighted by Gasteiger charge is 2.03. The van der Waals surface area contributed by atoms with E-state index in [2.05, 4.69) is 10.1 Å². The first-order valence-corrected chi connectivity index (χ1v) is 6.98. The first kappa shape index (κ1) is 13.7. The summed E-state index contributed by atoms with van der Waals surface area (Å²) < 4.78 is 1.43. The second-order valence-electron chi connectivity index (χ2n) is 4.39. The molecule has 0 aliphatic carbocycles. The molecule has 3 rings (SSSR count). The van der Waals surface area contributed by atoms with Crippen LogP contribution in [-0.4, -0.2) is 15.9 Å². The maximum absolute atomic E-state index is 12.4. The van der Waals surface area contributed by atoms with Gasteiger partial charge in [0.25, 0.3) is 5.56 Å². The number of nitrogens with one attached hydrogen (secondary N) is 1. The molecule has 0 saturated carbocycles. The fourth-order valence-electron chi connectivity index (χ4n) is 1.93. The molecule has 4 nitrogen and oxygen atoms in total. The van der Waals surface area contributed by atoms with E-state index >= 15 is 0 Å². The van der Waals surface area contributed by atoms with Crippen LogP contribution in [0, 0.1) is 4.77 Å². The van der Waals surface area contributed by atoms with Crippen LogP contribution in [-0.2, 0) is 0 Å². The van der Waals surface area contributed by atoms with E-state index in [-0.39, 0.29) is 10.3 Å². The number of benzene rings is 2. The predicted octanol–water partition coefficient (Wildman–Crippen LogP) is 3.59. The lowest BCUT2D eigenvalue weighted by Gasteiger charge is -2.02. The van der Waals surface area contributed by atoms with Gasteiger partial charge in [-0.15, -0.1) is 0 Å². The van der Waals surface area contributed by atoms with Gasteiger partial charge in [0.15, 0.2) is 0 Å². The van der Waals surface area contributed by atoms with Crippen molar-refractivity contribution in [1.29, 1.82) is 0 Å². The highest BCUT2D eigenvalue weighted by atomic mass is 35.5. The van der Waals surface area contributed by atoms with Crippen LogP contribution in [0.4, 0.5) is 0 Å². The topological polar surface area (TPSA) is 50.1 Å². The molecule has 0 amide bonds. The van der Waals surface area contributed by atoms with E-state index in [1.807, 2.05) is 18.2 Å². The molecule has 104 valence electrons. The molecule has 1 N–H and O–H groups in total. The van der Waals surface area contributed by atoms with Crippen LogP contribution in [0.1, 0.15) is 5.56 Å². The number of hydrogen-bond donors (Lipinski definition) is 1. The molecular weight excluding hydrogens is 306 g/mol. The third-order valence-corrected chi connectivity index (χ3v) is 3.50. The first-order chi connectivity index (χ1) is 10.1. The predicted molar refractivity (Wildman–Crippen MR) is 87.8 cm³/mol. The molecule has 0 aliphatic rings. The van der Waals surface area contributed by atoms with Crippen LogP contribution in [0.2, 0.25) is 5.02 Å². The lowest BCUT2D eigenvalue weighted by atomic mass is 10.2. The number of rotatable bonds is 2. The molecule has 0 unspecified atom stereocenters. The number of nitrogens with zero attached hydrogens (tertiary/aromatic N) is 2. The second kappa shape index (κ2) is 5.63. The summed E-state index contributed by atoms with van der Waals surface area (Å²) in [7, 11) is 0. The standard InChI is InChI=1S/C15H10ClN3OS/c16-11-7-5-10(6-8-11)9-17-19-14(20)12-3-1-2-4-13(12)18-15(19)21/h1-9H,(H,18,21). The number of fused-ring (bicyclic) bond motifs is 1.